The molecule has 0 aliphatic carbocycles. The predicted octanol–water partition coefficient (Wildman–Crippen LogP) is 0.328. The number of amides is 4. The Kier molecular flexibility index (Phi) is 7.81. The van der Waals surface area contributed by atoms with Gasteiger partial charge in [0.15, 0.2) is 6.10 Å². The Morgan fingerprint density at radius 3 is 2.72 bits per heavy atom. The van der Waals surface area contributed by atoms with Gasteiger partial charge in [0.25, 0.3) is 23.6 Å². The van der Waals surface area contributed by atoms with Crippen LogP contribution < -0.4 is 15.5 Å². The maximum atomic E-state index is 13.5. The predicted molar refractivity (Wildman–Crippen MR) is 136 cm³/mol. The summed E-state index contributed by atoms with van der Waals surface area (Å²) >= 11 is 0. The van der Waals surface area contributed by atoms with Crippen molar-refractivity contribution < 1.29 is 38.2 Å². The third-order valence-electron chi connectivity index (χ3n) is 6.09. The van der Waals surface area contributed by atoms with E-state index in [1.165, 1.54) is 41.1 Å². The first-order chi connectivity index (χ1) is 18.6. The fourth-order valence-corrected chi connectivity index (χ4v) is 4.22. The fraction of sp³-hybridized carbons (Fsp3) is 0.269. The molecular weight excluding hydrogens is 510 g/mol. The summed E-state index contributed by atoms with van der Waals surface area (Å²) in [7, 11) is 1.47. The number of nitrogens with zero attached hydrogens (tertiary/aromatic N) is 2. The van der Waals surface area contributed by atoms with Crippen LogP contribution >= 0.6 is 0 Å². The number of hydrogen-bond acceptors (Lipinski definition) is 9. The summed E-state index contributed by atoms with van der Waals surface area (Å²) in [5, 5.41) is 12.7. The highest BCUT2D eigenvalue weighted by atomic mass is 16.6. The second-order valence-electron chi connectivity index (χ2n) is 8.79. The highest BCUT2D eigenvalue weighted by Crippen LogP contribution is 2.25. The second-order valence-corrected chi connectivity index (χ2v) is 8.79. The zero-order valence-corrected chi connectivity index (χ0v) is 21.1. The molecular formula is C26H25N5O8. The summed E-state index contributed by atoms with van der Waals surface area (Å²) in [6, 6.07) is 10.5. The molecule has 3 N–H and O–H groups in total. The first kappa shape index (κ1) is 27.1. The van der Waals surface area contributed by atoms with Gasteiger partial charge in [-0.15, -0.1) is 0 Å². The molecule has 0 aromatic heterocycles. The Morgan fingerprint density at radius 1 is 1.23 bits per heavy atom. The van der Waals surface area contributed by atoms with Crippen molar-refractivity contribution in [3.8, 4) is 0 Å². The molecule has 13 nitrogen and oxygen atoms in total. The van der Waals surface area contributed by atoms with Crippen LogP contribution in [-0.2, 0) is 28.7 Å². The normalized spacial score (nSPS) is 17.1. The Labute approximate surface area is 222 Å². The molecule has 2 atom stereocenters. The quantitative estimate of drug-likeness (QED) is 0.320. The van der Waals surface area contributed by atoms with Crippen molar-refractivity contribution in [2.45, 2.75) is 19.1 Å². The van der Waals surface area contributed by atoms with E-state index >= 15 is 0 Å². The van der Waals surface area contributed by atoms with Gasteiger partial charge < -0.3 is 34.7 Å². The lowest BCUT2D eigenvalue weighted by atomic mass is 10.1. The summed E-state index contributed by atoms with van der Waals surface area (Å²) in [5.41, 5.74) is 1.34. The number of anilines is 2. The summed E-state index contributed by atoms with van der Waals surface area (Å²) in [4.78, 5) is 76.5. The Morgan fingerprint density at radius 2 is 2.00 bits per heavy atom. The largest absolute Gasteiger partial charge is 0.449 e. The molecule has 4 rings (SSSR count). The average Bonchev–Trinajstić information content (AvgIpc) is 3.19. The third kappa shape index (κ3) is 5.67. The minimum atomic E-state index is -1.67. The van der Waals surface area contributed by atoms with E-state index in [1.54, 1.807) is 18.2 Å². The number of esters is 1. The van der Waals surface area contributed by atoms with E-state index in [2.05, 4.69) is 10.6 Å². The van der Waals surface area contributed by atoms with Gasteiger partial charge in [0.1, 0.15) is 12.1 Å². The molecule has 4 amide bonds. The molecule has 39 heavy (non-hydrogen) atoms. The van der Waals surface area contributed by atoms with Crippen molar-refractivity contribution in [2.24, 2.45) is 0 Å². The summed E-state index contributed by atoms with van der Waals surface area (Å²) in [6.07, 6.45) is -2.56. The van der Waals surface area contributed by atoms with E-state index in [1.807, 2.05) is 0 Å². The number of amidine groups is 1. The van der Waals surface area contributed by atoms with Crippen molar-refractivity contribution in [3.63, 3.8) is 0 Å². The summed E-state index contributed by atoms with van der Waals surface area (Å²) in [6.45, 7) is 1.10. The second kappa shape index (κ2) is 11.2. The molecule has 2 aliphatic heterocycles. The number of fused-ring (bicyclic) bond motifs is 1. The molecule has 0 bridgehead atoms. The monoisotopic (exact) mass is 535 g/mol. The van der Waals surface area contributed by atoms with Crippen LogP contribution in [0.1, 0.15) is 33.2 Å². The Bertz CT molecular complexity index is 1390. The molecule has 2 aromatic rings. The van der Waals surface area contributed by atoms with Gasteiger partial charge in [-0.3, -0.25) is 29.4 Å². The minimum Gasteiger partial charge on any atom is -0.449 e. The Balaban J connectivity index is 1.56. The number of nitrogens with one attached hydrogen (secondary N) is 3. The van der Waals surface area contributed by atoms with Crippen LogP contribution in [0.4, 0.5) is 11.4 Å². The van der Waals surface area contributed by atoms with Crippen LogP contribution in [-0.4, -0.2) is 85.6 Å². The first-order valence-corrected chi connectivity index (χ1v) is 11.8. The molecule has 13 heteroatoms. The number of carbonyl (C=O) groups excluding carboxylic acids is 6. The summed E-state index contributed by atoms with van der Waals surface area (Å²) in [5.74, 6) is -3.34. The number of ether oxygens (including phenoxy) is 2. The molecule has 0 unspecified atom stereocenters. The molecule has 1 saturated heterocycles. The van der Waals surface area contributed by atoms with Gasteiger partial charge in [-0.25, -0.2) is 0 Å². The van der Waals surface area contributed by atoms with Crippen molar-refractivity contribution in [1.29, 1.82) is 5.41 Å². The van der Waals surface area contributed by atoms with Crippen LogP contribution in [0, 0.1) is 5.41 Å². The van der Waals surface area contributed by atoms with Gasteiger partial charge >= 0.3 is 5.97 Å². The highest BCUT2D eigenvalue weighted by Gasteiger charge is 2.43. The van der Waals surface area contributed by atoms with E-state index in [9.17, 15) is 28.8 Å². The van der Waals surface area contributed by atoms with Gasteiger partial charge in [0.2, 0.25) is 6.10 Å². The van der Waals surface area contributed by atoms with Gasteiger partial charge in [-0.1, -0.05) is 6.07 Å². The van der Waals surface area contributed by atoms with Gasteiger partial charge in [-0.2, -0.15) is 0 Å². The maximum absolute atomic E-state index is 13.5. The number of hydrogen-bond donors (Lipinski definition) is 3. The number of likely N-dealkylation sites (N-methyl/N-ethyl adjacent to an activating group) is 1. The molecule has 2 heterocycles. The fourth-order valence-electron chi connectivity index (χ4n) is 4.22. The smallest absolute Gasteiger partial charge is 0.303 e. The minimum absolute atomic E-state index is 0.00575. The molecule has 2 aromatic carbocycles. The van der Waals surface area contributed by atoms with Crippen molar-refractivity contribution >= 4 is 53.1 Å². The first-order valence-electron chi connectivity index (χ1n) is 11.8. The average molecular weight is 536 g/mol. The lowest BCUT2D eigenvalue weighted by Crippen LogP contribution is -2.56. The molecule has 202 valence electrons. The zero-order chi connectivity index (χ0) is 28.3. The SMILES string of the molecule is CC(=O)O[C@@H](C(=O)Nc1ccc2c(c1)C(=O)NC2=N)[C@H]1OCCN(c2cccc(C(=O)N(C)CC=O)c2)C1=O. The molecule has 0 spiro atoms. The number of aldehydes is 1. The van der Waals surface area contributed by atoms with Crippen LogP contribution in [0.3, 0.4) is 0 Å². The molecule has 2 aliphatic rings. The van der Waals surface area contributed by atoms with Crippen molar-refractivity contribution in [2.75, 3.05) is 37.0 Å². The molecule has 0 radical (unpaired) electrons. The van der Waals surface area contributed by atoms with Gasteiger partial charge in [-0.05, 0) is 36.4 Å². The lowest BCUT2D eigenvalue weighted by Gasteiger charge is -2.35. The van der Waals surface area contributed by atoms with E-state index < -0.39 is 41.8 Å². The standard InChI is InChI=1S/C26H25N5O8/c1-14(33)39-20(24(35)28-16-6-7-18-19(13-16)23(34)29-22(18)27)21-26(37)31(9-11-38-21)17-5-3-4-15(12-17)25(36)30(2)8-10-32/h3-7,10,12-13,20-21H,8-9,11H2,1-2H3,(H,28,35)(H2,27,29,34)/t20-,21-/m1/s1. The van der Waals surface area contributed by atoms with E-state index in [4.69, 9.17) is 14.9 Å². The maximum Gasteiger partial charge on any atom is 0.303 e. The van der Waals surface area contributed by atoms with Crippen LogP contribution in [0.5, 0.6) is 0 Å². The van der Waals surface area contributed by atoms with Crippen LogP contribution in [0.2, 0.25) is 0 Å². The van der Waals surface area contributed by atoms with Gasteiger partial charge in [0.05, 0.1) is 18.7 Å². The van der Waals surface area contributed by atoms with Gasteiger partial charge in [0, 0.05) is 43.0 Å². The van der Waals surface area contributed by atoms with E-state index in [-0.39, 0.29) is 42.3 Å². The number of morpholine rings is 1. The third-order valence-corrected chi connectivity index (χ3v) is 6.09. The van der Waals surface area contributed by atoms with Crippen LogP contribution in [0.15, 0.2) is 42.5 Å². The number of carbonyl (C=O) groups is 6. The van der Waals surface area contributed by atoms with E-state index in [0.717, 1.165) is 6.92 Å². The molecule has 1 fully saturated rings. The zero-order valence-electron chi connectivity index (χ0n) is 21.1. The lowest BCUT2D eigenvalue weighted by molar-refractivity contribution is -0.167. The number of rotatable bonds is 8. The van der Waals surface area contributed by atoms with Crippen molar-refractivity contribution in [1.82, 2.24) is 10.2 Å². The van der Waals surface area contributed by atoms with E-state index in [0.29, 0.717) is 17.5 Å². The summed E-state index contributed by atoms with van der Waals surface area (Å²) < 4.78 is 10.8. The molecule has 0 saturated carbocycles. The Hall–Kier alpha value is -4.91. The van der Waals surface area contributed by atoms with Crippen molar-refractivity contribution in [3.05, 3.63) is 59.2 Å². The topological polar surface area (TPSA) is 175 Å². The van der Waals surface area contributed by atoms with Crippen LogP contribution in [0.25, 0.3) is 0 Å². The number of benzene rings is 2. The highest BCUT2D eigenvalue weighted by molar-refractivity contribution is 6.23.